The highest BCUT2D eigenvalue weighted by Gasteiger charge is 2.31. The second-order valence-electron chi connectivity index (χ2n) is 5.85. The number of nitrogens with zero attached hydrogens (tertiary/aromatic N) is 2. The molecule has 0 aliphatic carbocycles. The van der Waals surface area contributed by atoms with Crippen LogP contribution in [0.2, 0.25) is 0 Å². The highest BCUT2D eigenvalue weighted by Crippen LogP contribution is 2.26. The van der Waals surface area contributed by atoms with Crippen molar-refractivity contribution in [3.05, 3.63) is 29.8 Å². The van der Waals surface area contributed by atoms with Gasteiger partial charge in [0.05, 0.1) is 6.54 Å². The second kappa shape index (κ2) is 6.29. The van der Waals surface area contributed by atoms with Gasteiger partial charge >= 0.3 is 0 Å². The van der Waals surface area contributed by atoms with Gasteiger partial charge in [0, 0.05) is 25.2 Å². The molecule has 1 amide bonds. The lowest BCUT2D eigenvalue weighted by Gasteiger charge is -2.25. The van der Waals surface area contributed by atoms with Gasteiger partial charge in [-0.3, -0.25) is 4.79 Å². The smallest absolute Gasteiger partial charge is 0.285 e. The maximum Gasteiger partial charge on any atom is 0.285 e. The van der Waals surface area contributed by atoms with Gasteiger partial charge in [-0.25, -0.2) is 0 Å². The second-order valence-corrected chi connectivity index (χ2v) is 7.43. The van der Waals surface area contributed by atoms with Crippen LogP contribution in [0.25, 0.3) is 0 Å². The van der Waals surface area contributed by atoms with Crippen LogP contribution in [-0.2, 0) is 14.8 Å². The monoisotopic (exact) mass is 336 g/mol. The van der Waals surface area contributed by atoms with Crippen molar-refractivity contribution < 1.29 is 13.2 Å². The molecule has 0 bridgehead atoms. The van der Waals surface area contributed by atoms with Gasteiger partial charge < -0.3 is 15.5 Å². The molecule has 2 N–H and O–H groups in total. The number of rotatable bonds is 3. The summed E-state index contributed by atoms with van der Waals surface area (Å²) in [5.41, 5.74) is 0.544. The maximum absolute atomic E-state index is 12.2. The van der Waals surface area contributed by atoms with Crippen LogP contribution in [0.1, 0.15) is 18.4 Å². The molecular weight excluding hydrogens is 316 g/mol. The third-order valence-electron chi connectivity index (χ3n) is 4.02. The molecule has 1 fully saturated rings. The first-order chi connectivity index (χ1) is 11.0. The molecule has 1 saturated heterocycles. The Hall–Kier alpha value is -1.93. The minimum Gasteiger partial charge on any atom is -0.351 e. The molecule has 0 aromatic heterocycles. The van der Waals surface area contributed by atoms with Crippen LogP contribution in [0.4, 0.5) is 0 Å². The van der Waals surface area contributed by atoms with E-state index in [0.29, 0.717) is 11.4 Å². The zero-order chi connectivity index (χ0) is 16.4. The van der Waals surface area contributed by atoms with Crippen LogP contribution in [0.3, 0.4) is 0 Å². The zero-order valence-electron chi connectivity index (χ0n) is 12.9. The summed E-state index contributed by atoms with van der Waals surface area (Å²) in [5, 5.41) is 6.21. The van der Waals surface area contributed by atoms with E-state index in [4.69, 9.17) is 0 Å². The number of amides is 1. The summed E-state index contributed by atoms with van der Waals surface area (Å²) < 4.78 is 27.9. The van der Waals surface area contributed by atoms with Gasteiger partial charge in [-0.15, -0.1) is 4.40 Å². The van der Waals surface area contributed by atoms with E-state index < -0.39 is 10.0 Å². The molecule has 1 atom stereocenters. The van der Waals surface area contributed by atoms with Crippen molar-refractivity contribution in [1.82, 2.24) is 15.5 Å². The third kappa shape index (κ3) is 3.37. The molecule has 124 valence electrons. The Kier molecular flexibility index (Phi) is 4.36. The number of likely N-dealkylation sites (N-methyl/N-ethyl adjacent to an activating group) is 1. The van der Waals surface area contributed by atoms with Crippen LogP contribution >= 0.6 is 0 Å². The number of benzene rings is 1. The highest BCUT2D eigenvalue weighted by molar-refractivity contribution is 7.90. The van der Waals surface area contributed by atoms with Gasteiger partial charge in [0.1, 0.15) is 4.90 Å². The van der Waals surface area contributed by atoms with E-state index in [1.165, 1.54) is 6.07 Å². The van der Waals surface area contributed by atoms with Crippen molar-refractivity contribution >= 4 is 21.8 Å². The standard InChI is InChI=1S/C15H20N4O3S/c1-19(10-14(20)17-11-5-4-8-16-9-11)15-12-6-2-3-7-13(12)23(21,22)18-15/h2-3,6-7,11,16H,4-5,8-10H2,1H3,(H,17,20). The normalized spacial score (nSPS) is 22.1. The van der Waals surface area contributed by atoms with Crippen LogP contribution in [0.15, 0.2) is 33.6 Å². The van der Waals surface area contributed by atoms with Crippen molar-refractivity contribution in [2.24, 2.45) is 4.40 Å². The van der Waals surface area contributed by atoms with Crippen molar-refractivity contribution in [3.8, 4) is 0 Å². The first-order valence-corrected chi connectivity index (χ1v) is 9.07. The number of nitrogens with one attached hydrogen (secondary N) is 2. The summed E-state index contributed by atoms with van der Waals surface area (Å²) in [6.07, 6.45) is 2.00. The quantitative estimate of drug-likeness (QED) is 0.807. The predicted molar refractivity (Wildman–Crippen MR) is 86.8 cm³/mol. The Labute approximate surface area is 135 Å². The topological polar surface area (TPSA) is 90.9 Å². The van der Waals surface area contributed by atoms with Crippen LogP contribution < -0.4 is 10.6 Å². The van der Waals surface area contributed by atoms with Crippen molar-refractivity contribution in [3.63, 3.8) is 0 Å². The van der Waals surface area contributed by atoms with E-state index >= 15 is 0 Å². The molecule has 1 unspecified atom stereocenters. The number of sulfonamides is 1. The van der Waals surface area contributed by atoms with Gasteiger partial charge in [0.15, 0.2) is 5.84 Å². The van der Waals surface area contributed by atoms with E-state index in [2.05, 4.69) is 15.0 Å². The number of hydrogen-bond acceptors (Lipinski definition) is 5. The first-order valence-electron chi connectivity index (χ1n) is 7.63. The van der Waals surface area contributed by atoms with Crippen molar-refractivity contribution in [2.75, 3.05) is 26.7 Å². The van der Waals surface area contributed by atoms with E-state index in [1.807, 2.05) is 0 Å². The van der Waals surface area contributed by atoms with Gasteiger partial charge in [0.2, 0.25) is 5.91 Å². The Morgan fingerprint density at radius 2 is 2.22 bits per heavy atom. The molecule has 2 aliphatic heterocycles. The SMILES string of the molecule is CN(CC(=O)NC1CCCNC1)C1=NS(=O)(=O)c2ccccc21. The largest absolute Gasteiger partial charge is 0.351 e. The Morgan fingerprint density at radius 3 is 2.96 bits per heavy atom. The molecule has 0 saturated carbocycles. The lowest BCUT2D eigenvalue weighted by atomic mass is 10.1. The van der Waals surface area contributed by atoms with Gasteiger partial charge in [-0.05, 0) is 31.5 Å². The lowest BCUT2D eigenvalue weighted by Crippen LogP contribution is -2.48. The van der Waals surface area contributed by atoms with E-state index in [1.54, 1.807) is 30.1 Å². The van der Waals surface area contributed by atoms with Crippen LogP contribution in [-0.4, -0.2) is 57.8 Å². The lowest BCUT2D eigenvalue weighted by molar-refractivity contribution is -0.122. The number of hydrogen-bond donors (Lipinski definition) is 2. The average molecular weight is 336 g/mol. The van der Waals surface area contributed by atoms with E-state index in [9.17, 15) is 13.2 Å². The van der Waals surface area contributed by atoms with Crippen LogP contribution in [0, 0.1) is 0 Å². The first kappa shape index (κ1) is 15.9. The molecule has 0 radical (unpaired) electrons. The minimum absolute atomic E-state index is 0.0686. The fourth-order valence-electron chi connectivity index (χ4n) is 2.90. The van der Waals surface area contributed by atoms with E-state index in [-0.39, 0.29) is 23.4 Å². The molecule has 7 nitrogen and oxygen atoms in total. The summed E-state index contributed by atoms with van der Waals surface area (Å²) in [4.78, 5) is 13.9. The van der Waals surface area contributed by atoms with Crippen LogP contribution in [0.5, 0.6) is 0 Å². The summed E-state index contributed by atoms with van der Waals surface area (Å²) in [5.74, 6) is 0.184. The zero-order valence-corrected chi connectivity index (χ0v) is 13.8. The van der Waals surface area contributed by atoms with Crippen molar-refractivity contribution in [2.45, 2.75) is 23.8 Å². The minimum atomic E-state index is -3.66. The van der Waals surface area contributed by atoms with Gasteiger partial charge in [-0.1, -0.05) is 12.1 Å². The third-order valence-corrected chi connectivity index (χ3v) is 5.34. The molecule has 1 aromatic carbocycles. The maximum atomic E-state index is 12.2. The number of amidine groups is 1. The predicted octanol–water partition coefficient (Wildman–Crippen LogP) is -0.0645. The summed E-state index contributed by atoms with van der Waals surface area (Å²) >= 11 is 0. The molecule has 8 heteroatoms. The Bertz CT molecular complexity index is 739. The molecule has 3 rings (SSSR count). The van der Waals surface area contributed by atoms with Crippen molar-refractivity contribution in [1.29, 1.82) is 0 Å². The fourth-order valence-corrected chi connectivity index (χ4v) is 4.15. The molecule has 23 heavy (non-hydrogen) atoms. The molecule has 1 aromatic rings. The average Bonchev–Trinajstić information content (AvgIpc) is 2.80. The number of carbonyl (C=O) groups excluding carboxylic acids is 1. The number of piperidine rings is 1. The molecule has 2 aliphatic rings. The Balaban J connectivity index is 1.69. The molecular formula is C15H20N4O3S. The van der Waals surface area contributed by atoms with Gasteiger partial charge in [0.25, 0.3) is 10.0 Å². The summed E-state index contributed by atoms with van der Waals surface area (Å²) in [7, 11) is -1.98. The van der Waals surface area contributed by atoms with Gasteiger partial charge in [-0.2, -0.15) is 8.42 Å². The van der Waals surface area contributed by atoms with E-state index in [0.717, 1.165) is 25.9 Å². The molecule has 2 heterocycles. The number of fused-ring (bicyclic) bond motifs is 1. The summed E-state index contributed by atoms with van der Waals surface area (Å²) in [6.45, 7) is 1.82. The highest BCUT2D eigenvalue weighted by atomic mass is 32.2. The number of carbonyl (C=O) groups is 1. The molecule has 0 spiro atoms. The Morgan fingerprint density at radius 1 is 1.43 bits per heavy atom. The fraction of sp³-hybridized carbons (Fsp3) is 0.467. The summed E-state index contributed by atoms with van der Waals surface area (Å²) in [6, 6.07) is 6.79.